The third-order valence-electron chi connectivity index (χ3n) is 1.61. The summed E-state index contributed by atoms with van der Waals surface area (Å²) in [5, 5.41) is 14.2. The van der Waals surface area contributed by atoms with Gasteiger partial charge in [0, 0.05) is 6.20 Å². The van der Waals surface area contributed by atoms with Crippen molar-refractivity contribution in [3.63, 3.8) is 0 Å². The molecular formula is C6H6ClN5O2. The highest BCUT2D eigenvalue weighted by molar-refractivity contribution is 5.85. The predicted octanol–water partition coefficient (Wildman–Crippen LogP) is 0.641. The molecule has 7 nitrogen and oxygen atoms in total. The van der Waals surface area contributed by atoms with Crippen LogP contribution in [-0.2, 0) is 0 Å². The Morgan fingerprint density at radius 3 is 2.93 bits per heavy atom. The molecule has 0 spiro atoms. The lowest BCUT2D eigenvalue weighted by molar-refractivity contribution is -0.383. The van der Waals surface area contributed by atoms with Crippen molar-refractivity contribution in [1.82, 2.24) is 14.6 Å². The molecule has 0 aromatic carbocycles. The summed E-state index contributed by atoms with van der Waals surface area (Å²) in [6, 6.07) is 1.52. The summed E-state index contributed by atoms with van der Waals surface area (Å²) in [5.74, 6) is 0.318. The maximum atomic E-state index is 10.5. The molecule has 0 bridgehead atoms. The number of nitrogens with two attached hydrogens (primary N) is 1. The molecule has 14 heavy (non-hydrogen) atoms. The van der Waals surface area contributed by atoms with Gasteiger partial charge >= 0.3 is 5.69 Å². The summed E-state index contributed by atoms with van der Waals surface area (Å²) < 4.78 is 1.22. The monoisotopic (exact) mass is 215 g/mol. The Morgan fingerprint density at radius 1 is 1.57 bits per heavy atom. The van der Waals surface area contributed by atoms with Crippen LogP contribution in [-0.4, -0.2) is 19.5 Å². The number of nitro groups is 1. The normalized spacial score (nSPS) is 9.71. The Bertz CT molecular complexity index is 482. The highest BCUT2D eigenvalue weighted by atomic mass is 35.5. The van der Waals surface area contributed by atoms with Crippen molar-refractivity contribution >= 4 is 29.6 Å². The molecule has 0 fully saturated rings. The van der Waals surface area contributed by atoms with Crippen LogP contribution in [0.15, 0.2) is 18.5 Å². The topological polar surface area (TPSA) is 99.3 Å². The van der Waals surface area contributed by atoms with Gasteiger partial charge in [-0.25, -0.2) is 4.98 Å². The van der Waals surface area contributed by atoms with E-state index in [1.165, 1.54) is 16.8 Å². The summed E-state index contributed by atoms with van der Waals surface area (Å²) >= 11 is 0. The zero-order valence-electron chi connectivity index (χ0n) is 6.82. The van der Waals surface area contributed by atoms with E-state index >= 15 is 0 Å². The second kappa shape index (κ2) is 3.46. The average Bonchev–Trinajstić information content (AvgIpc) is 2.48. The third-order valence-corrected chi connectivity index (χ3v) is 1.61. The molecule has 2 N–H and O–H groups in total. The van der Waals surface area contributed by atoms with Gasteiger partial charge in [-0.15, -0.1) is 12.4 Å². The zero-order valence-corrected chi connectivity index (χ0v) is 7.64. The smallest absolute Gasteiger partial charge is 0.333 e. The molecule has 2 rings (SSSR count). The van der Waals surface area contributed by atoms with Crippen molar-refractivity contribution in [3.8, 4) is 0 Å². The first-order valence-corrected chi connectivity index (χ1v) is 3.43. The van der Waals surface area contributed by atoms with Gasteiger partial charge in [0.25, 0.3) is 0 Å². The van der Waals surface area contributed by atoms with Gasteiger partial charge in [0.05, 0.1) is 4.92 Å². The lowest BCUT2D eigenvalue weighted by Crippen LogP contribution is -1.99. The number of fused-ring (bicyclic) bond motifs is 1. The Morgan fingerprint density at radius 2 is 2.29 bits per heavy atom. The van der Waals surface area contributed by atoms with Gasteiger partial charge in [-0.05, 0) is 6.07 Å². The molecular weight excluding hydrogens is 210 g/mol. The average molecular weight is 216 g/mol. The van der Waals surface area contributed by atoms with Crippen LogP contribution < -0.4 is 5.73 Å². The maximum Gasteiger partial charge on any atom is 0.333 e. The molecule has 0 aliphatic rings. The van der Waals surface area contributed by atoms with Crippen molar-refractivity contribution in [2.45, 2.75) is 0 Å². The molecule has 0 unspecified atom stereocenters. The lowest BCUT2D eigenvalue weighted by atomic mass is 10.5. The van der Waals surface area contributed by atoms with Gasteiger partial charge in [0.2, 0.25) is 5.65 Å². The van der Waals surface area contributed by atoms with Crippen molar-refractivity contribution in [2.24, 2.45) is 0 Å². The van der Waals surface area contributed by atoms with Crippen LogP contribution in [0.3, 0.4) is 0 Å². The molecule has 0 aliphatic carbocycles. The molecule has 0 amide bonds. The minimum Gasteiger partial charge on any atom is -0.384 e. The first-order valence-electron chi connectivity index (χ1n) is 3.43. The van der Waals surface area contributed by atoms with E-state index < -0.39 is 4.92 Å². The number of aromatic nitrogens is 3. The largest absolute Gasteiger partial charge is 0.384 e. The van der Waals surface area contributed by atoms with E-state index in [4.69, 9.17) is 5.73 Å². The van der Waals surface area contributed by atoms with E-state index in [0.717, 1.165) is 6.20 Å². The van der Waals surface area contributed by atoms with Crippen LogP contribution in [0.5, 0.6) is 0 Å². The number of nitrogens with zero attached hydrogens (tertiary/aromatic N) is 4. The van der Waals surface area contributed by atoms with E-state index in [2.05, 4.69) is 10.1 Å². The summed E-state index contributed by atoms with van der Waals surface area (Å²) in [5.41, 5.74) is 5.52. The van der Waals surface area contributed by atoms with Crippen molar-refractivity contribution in [3.05, 3.63) is 28.6 Å². The number of hydrogen-bond donors (Lipinski definition) is 1. The van der Waals surface area contributed by atoms with Crippen LogP contribution in [0.2, 0.25) is 0 Å². The van der Waals surface area contributed by atoms with E-state index in [1.807, 2.05) is 0 Å². The molecule has 0 atom stereocenters. The minimum atomic E-state index is -0.547. The molecule has 2 aromatic heterocycles. The molecule has 0 saturated carbocycles. The van der Waals surface area contributed by atoms with Crippen LogP contribution in [0, 0.1) is 10.1 Å². The highest BCUT2D eigenvalue weighted by Gasteiger charge is 2.16. The second-order valence-corrected chi connectivity index (χ2v) is 2.39. The third kappa shape index (κ3) is 1.33. The van der Waals surface area contributed by atoms with Gasteiger partial charge < -0.3 is 5.73 Å². The van der Waals surface area contributed by atoms with Crippen LogP contribution in [0.1, 0.15) is 0 Å². The SMILES string of the molecule is Cl.Nc1ccnc2c([N+](=O)[O-])cnn12. The first kappa shape index (κ1) is 10.2. The fraction of sp³-hybridized carbons (Fsp3) is 0. The van der Waals surface area contributed by atoms with Gasteiger partial charge in [-0.2, -0.15) is 9.61 Å². The highest BCUT2D eigenvalue weighted by Crippen LogP contribution is 2.17. The van der Waals surface area contributed by atoms with Gasteiger partial charge in [0.15, 0.2) is 0 Å². The molecule has 74 valence electrons. The van der Waals surface area contributed by atoms with Crippen LogP contribution in [0.25, 0.3) is 5.65 Å². The van der Waals surface area contributed by atoms with E-state index in [-0.39, 0.29) is 23.7 Å². The standard InChI is InChI=1S/C6H5N5O2.ClH/c7-5-1-2-8-6-4(11(12)13)3-9-10(5)6;/h1-3H,7H2;1H. The van der Waals surface area contributed by atoms with Crippen LogP contribution >= 0.6 is 12.4 Å². The van der Waals surface area contributed by atoms with Gasteiger partial charge in [0.1, 0.15) is 12.0 Å². The molecule has 8 heteroatoms. The van der Waals surface area contributed by atoms with Crippen molar-refractivity contribution in [2.75, 3.05) is 5.73 Å². The fourth-order valence-corrected chi connectivity index (χ4v) is 1.03. The molecule has 0 aliphatic heterocycles. The van der Waals surface area contributed by atoms with Gasteiger partial charge in [-0.1, -0.05) is 0 Å². The number of nitrogen functional groups attached to an aromatic ring is 1. The van der Waals surface area contributed by atoms with E-state index in [0.29, 0.717) is 5.82 Å². The van der Waals surface area contributed by atoms with Crippen molar-refractivity contribution in [1.29, 1.82) is 0 Å². The Balaban J connectivity index is 0.000000980. The number of anilines is 1. The Labute approximate surface area is 84.1 Å². The summed E-state index contributed by atoms with van der Waals surface area (Å²) in [7, 11) is 0. The summed E-state index contributed by atoms with van der Waals surface area (Å²) in [6.07, 6.45) is 2.53. The van der Waals surface area contributed by atoms with Gasteiger partial charge in [-0.3, -0.25) is 10.1 Å². The Kier molecular flexibility index (Phi) is 2.52. The number of halogens is 1. The lowest BCUT2D eigenvalue weighted by Gasteiger charge is -1.94. The van der Waals surface area contributed by atoms with E-state index in [9.17, 15) is 10.1 Å². The minimum absolute atomic E-state index is 0. The molecule has 2 heterocycles. The van der Waals surface area contributed by atoms with Crippen molar-refractivity contribution < 1.29 is 4.92 Å². The fourth-order valence-electron chi connectivity index (χ4n) is 1.03. The zero-order chi connectivity index (χ0) is 9.42. The summed E-state index contributed by atoms with van der Waals surface area (Å²) in [6.45, 7) is 0. The maximum absolute atomic E-state index is 10.5. The Hall–Kier alpha value is -1.89. The van der Waals surface area contributed by atoms with Crippen LogP contribution in [0.4, 0.5) is 11.5 Å². The molecule has 0 saturated heterocycles. The second-order valence-electron chi connectivity index (χ2n) is 2.39. The molecule has 2 aromatic rings. The number of hydrogen-bond acceptors (Lipinski definition) is 5. The first-order chi connectivity index (χ1) is 6.20. The molecule has 0 radical (unpaired) electrons. The quantitative estimate of drug-likeness (QED) is 0.556. The van der Waals surface area contributed by atoms with E-state index in [1.54, 1.807) is 0 Å². The predicted molar refractivity (Wildman–Crippen MR) is 51.3 cm³/mol. The summed E-state index contributed by atoms with van der Waals surface area (Å²) in [4.78, 5) is 13.7. The number of rotatable bonds is 1.